The van der Waals surface area contributed by atoms with E-state index in [2.05, 4.69) is 17.1 Å². The summed E-state index contributed by atoms with van der Waals surface area (Å²) in [7, 11) is 0. The van der Waals surface area contributed by atoms with Gasteiger partial charge in [-0.25, -0.2) is 0 Å². The molecular formula is C16H19NO2. The third-order valence-corrected chi connectivity index (χ3v) is 2.96. The maximum atomic E-state index is 11.1. The Morgan fingerprint density at radius 3 is 2.63 bits per heavy atom. The van der Waals surface area contributed by atoms with Crippen LogP contribution in [0, 0.1) is 0 Å². The Morgan fingerprint density at radius 1 is 1.00 bits per heavy atom. The van der Waals surface area contributed by atoms with E-state index in [9.17, 15) is 4.79 Å². The predicted molar refractivity (Wildman–Crippen MR) is 76.1 cm³/mol. The first-order valence-electron chi connectivity index (χ1n) is 6.64. The zero-order valence-electron chi connectivity index (χ0n) is 11.0. The number of aryl methyl sites for hydroxylation is 1. The Morgan fingerprint density at radius 2 is 1.84 bits per heavy atom. The van der Waals surface area contributed by atoms with Crippen molar-refractivity contribution in [1.29, 1.82) is 0 Å². The number of hydrogen-bond acceptors (Lipinski definition) is 2. The minimum absolute atomic E-state index is 0.0298. The van der Waals surface area contributed by atoms with Crippen LogP contribution in [0.4, 0.5) is 0 Å². The second-order valence-electron chi connectivity index (χ2n) is 4.56. The van der Waals surface area contributed by atoms with Gasteiger partial charge in [0.15, 0.2) is 0 Å². The van der Waals surface area contributed by atoms with Gasteiger partial charge in [-0.2, -0.15) is 0 Å². The van der Waals surface area contributed by atoms with Crippen molar-refractivity contribution in [3.63, 3.8) is 0 Å². The molecule has 0 atom stereocenters. The highest BCUT2D eigenvalue weighted by molar-refractivity contribution is 5.13. The van der Waals surface area contributed by atoms with Crippen molar-refractivity contribution >= 4 is 0 Å². The van der Waals surface area contributed by atoms with Gasteiger partial charge in [0.25, 0.3) is 0 Å². The Labute approximate surface area is 113 Å². The van der Waals surface area contributed by atoms with E-state index in [-0.39, 0.29) is 5.56 Å². The molecule has 0 amide bonds. The number of aromatic amines is 1. The van der Waals surface area contributed by atoms with Gasteiger partial charge in [-0.15, -0.1) is 0 Å². The van der Waals surface area contributed by atoms with Gasteiger partial charge in [-0.3, -0.25) is 4.79 Å². The number of ether oxygens (including phenoxy) is 1. The van der Waals surface area contributed by atoms with Crippen LogP contribution >= 0.6 is 0 Å². The lowest BCUT2D eigenvalue weighted by Crippen LogP contribution is -2.04. The second-order valence-corrected chi connectivity index (χ2v) is 4.56. The molecule has 1 aromatic carbocycles. The first-order chi connectivity index (χ1) is 9.34. The molecule has 1 aromatic heterocycles. The highest BCUT2D eigenvalue weighted by Crippen LogP contribution is 2.04. The zero-order valence-corrected chi connectivity index (χ0v) is 11.0. The van der Waals surface area contributed by atoms with Gasteiger partial charge in [0.05, 0.1) is 6.61 Å². The molecule has 0 saturated heterocycles. The molecule has 1 heterocycles. The Balaban J connectivity index is 1.59. The third kappa shape index (κ3) is 5.10. The summed E-state index contributed by atoms with van der Waals surface area (Å²) in [6.45, 7) is 1.43. The molecule has 1 N–H and O–H groups in total. The lowest BCUT2D eigenvalue weighted by Gasteiger charge is -2.04. The van der Waals surface area contributed by atoms with Crippen LogP contribution in [0.5, 0.6) is 0 Å². The van der Waals surface area contributed by atoms with Crippen LogP contribution in [0.15, 0.2) is 53.5 Å². The van der Waals surface area contributed by atoms with Crippen molar-refractivity contribution in [2.75, 3.05) is 6.61 Å². The van der Waals surface area contributed by atoms with E-state index in [1.807, 2.05) is 24.3 Å². The summed E-state index contributed by atoms with van der Waals surface area (Å²) in [4.78, 5) is 13.7. The highest BCUT2D eigenvalue weighted by Gasteiger charge is 1.95. The summed E-state index contributed by atoms with van der Waals surface area (Å²) in [5.74, 6) is 0. The predicted octanol–water partition coefficient (Wildman–Crippen LogP) is 2.91. The molecular weight excluding hydrogens is 238 g/mol. The molecule has 0 spiro atoms. The minimum atomic E-state index is -0.0298. The standard InChI is InChI=1S/C16H19NO2/c18-16-12-14(9-10-17-16)6-4-5-11-19-13-15-7-2-1-3-8-15/h1-3,7-10,12H,4-6,11,13H2,(H,17,18). The van der Waals surface area contributed by atoms with E-state index in [0.29, 0.717) is 6.61 Å². The fraction of sp³-hybridized carbons (Fsp3) is 0.312. The fourth-order valence-electron chi connectivity index (χ4n) is 1.94. The Bertz CT molecular complexity index is 534. The quantitative estimate of drug-likeness (QED) is 0.775. The van der Waals surface area contributed by atoms with Crippen LogP contribution in [0.3, 0.4) is 0 Å². The molecule has 0 saturated carbocycles. The van der Waals surface area contributed by atoms with E-state index in [0.717, 1.165) is 31.4 Å². The normalized spacial score (nSPS) is 10.5. The number of H-pyrrole nitrogens is 1. The summed E-state index contributed by atoms with van der Waals surface area (Å²) in [5.41, 5.74) is 2.27. The van der Waals surface area contributed by atoms with Crippen LogP contribution in [0.25, 0.3) is 0 Å². The summed E-state index contributed by atoms with van der Waals surface area (Å²) in [5, 5.41) is 0. The summed E-state index contributed by atoms with van der Waals surface area (Å²) >= 11 is 0. The number of hydrogen-bond donors (Lipinski definition) is 1. The molecule has 2 aromatic rings. The monoisotopic (exact) mass is 257 g/mol. The van der Waals surface area contributed by atoms with Crippen LogP contribution in [-0.4, -0.2) is 11.6 Å². The molecule has 3 nitrogen and oxygen atoms in total. The van der Waals surface area contributed by atoms with E-state index < -0.39 is 0 Å². The number of nitrogens with one attached hydrogen (secondary N) is 1. The van der Waals surface area contributed by atoms with Gasteiger partial charge >= 0.3 is 0 Å². The van der Waals surface area contributed by atoms with Crippen molar-refractivity contribution in [2.24, 2.45) is 0 Å². The van der Waals surface area contributed by atoms with Crippen molar-refractivity contribution in [2.45, 2.75) is 25.9 Å². The number of rotatable bonds is 7. The number of unbranched alkanes of at least 4 members (excludes halogenated alkanes) is 1. The van der Waals surface area contributed by atoms with E-state index in [1.165, 1.54) is 5.56 Å². The fourth-order valence-corrected chi connectivity index (χ4v) is 1.94. The lowest BCUT2D eigenvalue weighted by atomic mass is 10.1. The van der Waals surface area contributed by atoms with E-state index in [1.54, 1.807) is 12.3 Å². The summed E-state index contributed by atoms with van der Waals surface area (Å²) in [6.07, 6.45) is 4.68. The molecule has 2 rings (SSSR count). The molecule has 0 fully saturated rings. The molecule has 0 unspecified atom stereocenters. The van der Waals surface area contributed by atoms with Crippen LogP contribution < -0.4 is 5.56 Å². The first-order valence-corrected chi connectivity index (χ1v) is 6.64. The number of aromatic nitrogens is 1. The number of benzene rings is 1. The lowest BCUT2D eigenvalue weighted by molar-refractivity contribution is 0.117. The van der Waals surface area contributed by atoms with Crippen molar-refractivity contribution in [3.05, 3.63) is 70.1 Å². The van der Waals surface area contributed by atoms with Crippen LogP contribution in [0.1, 0.15) is 24.0 Å². The Kier molecular flexibility index (Phi) is 5.38. The molecule has 0 aliphatic heterocycles. The summed E-state index contributed by atoms with van der Waals surface area (Å²) in [6, 6.07) is 13.8. The van der Waals surface area contributed by atoms with Gasteiger partial charge in [0.1, 0.15) is 0 Å². The van der Waals surface area contributed by atoms with Gasteiger partial charge in [-0.05, 0) is 36.5 Å². The van der Waals surface area contributed by atoms with Gasteiger partial charge in [0.2, 0.25) is 5.56 Å². The largest absolute Gasteiger partial charge is 0.377 e. The van der Waals surface area contributed by atoms with Gasteiger partial charge in [-0.1, -0.05) is 30.3 Å². The van der Waals surface area contributed by atoms with E-state index in [4.69, 9.17) is 4.74 Å². The third-order valence-electron chi connectivity index (χ3n) is 2.96. The topological polar surface area (TPSA) is 42.1 Å². The van der Waals surface area contributed by atoms with Gasteiger partial charge in [0, 0.05) is 18.9 Å². The molecule has 0 bridgehead atoms. The molecule has 0 aliphatic rings. The SMILES string of the molecule is O=c1cc(CCCCOCc2ccccc2)cc[nH]1. The molecule has 0 aliphatic carbocycles. The summed E-state index contributed by atoms with van der Waals surface area (Å²) < 4.78 is 5.61. The highest BCUT2D eigenvalue weighted by atomic mass is 16.5. The minimum Gasteiger partial charge on any atom is -0.377 e. The van der Waals surface area contributed by atoms with Crippen LogP contribution in [-0.2, 0) is 17.8 Å². The number of pyridine rings is 1. The van der Waals surface area contributed by atoms with Gasteiger partial charge < -0.3 is 9.72 Å². The smallest absolute Gasteiger partial charge is 0.248 e. The van der Waals surface area contributed by atoms with Crippen LogP contribution in [0.2, 0.25) is 0 Å². The molecule has 0 radical (unpaired) electrons. The molecule has 100 valence electrons. The van der Waals surface area contributed by atoms with E-state index >= 15 is 0 Å². The first kappa shape index (κ1) is 13.6. The Hall–Kier alpha value is -1.87. The molecule has 3 heteroatoms. The average Bonchev–Trinajstić information content (AvgIpc) is 2.44. The van der Waals surface area contributed by atoms with Crippen molar-refractivity contribution in [1.82, 2.24) is 4.98 Å². The molecule has 19 heavy (non-hydrogen) atoms. The van der Waals surface area contributed by atoms with Crippen molar-refractivity contribution in [3.8, 4) is 0 Å². The zero-order chi connectivity index (χ0) is 13.3. The maximum absolute atomic E-state index is 11.1. The van der Waals surface area contributed by atoms with Crippen molar-refractivity contribution < 1.29 is 4.74 Å². The average molecular weight is 257 g/mol. The second kappa shape index (κ2) is 7.54. The maximum Gasteiger partial charge on any atom is 0.248 e.